The van der Waals surface area contributed by atoms with Gasteiger partial charge in [0.1, 0.15) is 0 Å². The van der Waals surface area contributed by atoms with Gasteiger partial charge in [-0.2, -0.15) is 5.10 Å². The molecule has 30 heavy (non-hydrogen) atoms. The van der Waals surface area contributed by atoms with Gasteiger partial charge in [-0.05, 0) is 42.9 Å². The lowest BCUT2D eigenvalue weighted by Crippen LogP contribution is -2.51. The number of aromatic nitrogens is 3. The Morgan fingerprint density at radius 2 is 1.90 bits per heavy atom. The summed E-state index contributed by atoms with van der Waals surface area (Å²) >= 11 is 11.7. The minimum atomic E-state index is -2.85. The topological polar surface area (TPSA) is 63.4 Å². The Kier molecular flexibility index (Phi) is 6.45. The Balaban J connectivity index is 1.46. The Morgan fingerprint density at radius 1 is 1.20 bits per heavy atom. The van der Waals surface area contributed by atoms with Crippen LogP contribution in [0.1, 0.15) is 6.42 Å². The molecule has 162 valence electrons. The average Bonchev–Trinajstić information content (AvgIpc) is 3.24. The first kappa shape index (κ1) is 21.7. The number of allylic oxidation sites excluding steroid dienone is 1. The number of hydrogen-bond donors (Lipinski definition) is 0. The number of halogens is 1. The van der Waals surface area contributed by atoms with Gasteiger partial charge >= 0.3 is 0 Å². The molecule has 0 radical (unpaired) electrons. The molecule has 0 saturated carbocycles. The summed E-state index contributed by atoms with van der Waals surface area (Å²) in [5.74, 6) is 1.42. The summed E-state index contributed by atoms with van der Waals surface area (Å²) in [6, 6.07) is 7.75. The maximum atomic E-state index is 11.8. The first-order chi connectivity index (χ1) is 14.4. The summed E-state index contributed by atoms with van der Waals surface area (Å²) in [6.07, 6.45) is 2.57. The van der Waals surface area contributed by atoms with Crippen molar-refractivity contribution in [3.63, 3.8) is 0 Å². The molecule has 1 aromatic carbocycles. The maximum absolute atomic E-state index is 11.8. The molecular formula is C20H26ClN5O2S2. The van der Waals surface area contributed by atoms with E-state index in [0.717, 1.165) is 44.0 Å². The van der Waals surface area contributed by atoms with Gasteiger partial charge in [-0.15, -0.1) is 6.58 Å². The van der Waals surface area contributed by atoms with Crippen LogP contribution in [0, 0.1) is 4.77 Å². The quantitative estimate of drug-likeness (QED) is 0.480. The highest BCUT2D eigenvalue weighted by atomic mass is 35.5. The van der Waals surface area contributed by atoms with Gasteiger partial charge in [0, 0.05) is 49.4 Å². The van der Waals surface area contributed by atoms with E-state index in [-0.39, 0.29) is 6.04 Å². The van der Waals surface area contributed by atoms with E-state index >= 15 is 0 Å². The molecule has 1 unspecified atom stereocenters. The molecule has 0 spiro atoms. The standard InChI is InChI=1S/C20H26ClN5O2S2/c1-2-8-25-19(16-3-5-17(21)6-4-16)22-26(20(25)29)15-23-9-11-24(12-10-23)18-7-13-30(27,28)14-18/h2-6,18H,1,7-15H2. The average molecular weight is 468 g/mol. The number of piperazine rings is 1. The third-order valence-electron chi connectivity index (χ3n) is 5.80. The van der Waals surface area contributed by atoms with Crippen molar-refractivity contribution in [3.8, 4) is 11.4 Å². The highest BCUT2D eigenvalue weighted by molar-refractivity contribution is 7.91. The van der Waals surface area contributed by atoms with E-state index in [4.69, 9.17) is 28.9 Å². The number of nitrogens with zero attached hydrogens (tertiary/aromatic N) is 5. The third kappa shape index (κ3) is 4.70. The van der Waals surface area contributed by atoms with Crippen LogP contribution < -0.4 is 0 Å². The summed E-state index contributed by atoms with van der Waals surface area (Å²) in [4.78, 5) is 4.63. The molecule has 2 aliphatic heterocycles. The van der Waals surface area contributed by atoms with Crippen molar-refractivity contribution in [2.75, 3.05) is 37.7 Å². The molecule has 0 aliphatic carbocycles. The van der Waals surface area contributed by atoms with E-state index in [1.165, 1.54) is 0 Å². The monoisotopic (exact) mass is 467 g/mol. The lowest BCUT2D eigenvalue weighted by Gasteiger charge is -2.37. The second kappa shape index (κ2) is 8.92. The fraction of sp³-hybridized carbons (Fsp3) is 0.500. The van der Waals surface area contributed by atoms with Crippen LogP contribution >= 0.6 is 23.8 Å². The van der Waals surface area contributed by atoms with Gasteiger partial charge in [0.05, 0.1) is 18.2 Å². The van der Waals surface area contributed by atoms with Crippen LogP contribution in [-0.2, 0) is 23.1 Å². The second-order valence-corrected chi connectivity index (χ2v) is 10.9. The summed E-state index contributed by atoms with van der Waals surface area (Å²) in [5.41, 5.74) is 0.957. The second-order valence-electron chi connectivity index (χ2n) is 7.86. The molecule has 3 heterocycles. The van der Waals surface area contributed by atoms with Gasteiger partial charge in [0.2, 0.25) is 0 Å². The Bertz CT molecular complexity index is 1070. The molecule has 0 N–H and O–H groups in total. The molecule has 0 bridgehead atoms. The lowest BCUT2D eigenvalue weighted by atomic mass is 10.2. The molecule has 4 rings (SSSR count). The summed E-state index contributed by atoms with van der Waals surface area (Å²) in [5, 5.41) is 5.47. The predicted molar refractivity (Wildman–Crippen MR) is 122 cm³/mol. The van der Waals surface area contributed by atoms with Gasteiger partial charge in [-0.25, -0.2) is 13.1 Å². The minimum absolute atomic E-state index is 0.169. The molecule has 0 amide bonds. The number of rotatable bonds is 6. The SMILES string of the molecule is C=CCn1c(-c2ccc(Cl)cc2)nn(CN2CCN(C3CCS(=O)(=O)C3)CC2)c1=S. The fourth-order valence-corrected chi connectivity index (χ4v) is 6.31. The normalized spacial score (nSPS) is 22.4. The molecular weight excluding hydrogens is 442 g/mol. The smallest absolute Gasteiger partial charge is 0.199 e. The molecule has 2 aromatic rings. The Labute approximate surface area is 187 Å². The van der Waals surface area contributed by atoms with Gasteiger partial charge in [-0.3, -0.25) is 14.4 Å². The molecule has 7 nitrogen and oxygen atoms in total. The Morgan fingerprint density at radius 3 is 2.50 bits per heavy atom. The minimum Gasteiger partial charge on any atom is -0.297 e. The van der Waals surface area contributed by atoms with Gasteiger partial charge in [-0.1, -0.05) is 17.7 Å². The lowest BCUT2D eigenvalue weighted by molar-refractivity contribution is 0.0808. The first-order valence-corrected chi connectivity index (χ1v) is 12.7. The van der Waals surface area contributed by atoms with Crippen LogP contribution in [0.3, 0.4) is 0 Å². The molecule has 10 heteroatoms. The number of benzene rings is 1. The van der Waals surface area contributed by atoms with E-state index in [0.29, 0.717) is 34.5 Å². The highest BCUT2D eigenvalue weighted by Crippen LogP contribution is 2.22. The van der Waals surface area contributed by atoms with Gasteiger partial charge in [0.15, 0.2) is 20.4 Å². The van der Waals surface area contributed by atoms with E-state index in [1.54, 1.807) is 0 Å². The van der Waals surface area contributed by atoms with Crippen LogP contribution in [0.4, 0.5) is 0 Å². The van der Waals surface area contributed by atoms with Crippen molar-refractivity contribution in [2.45, 2.75) is 25.7 Å². The van der Waals surface area contributed by atoms with Crippen molar-refractivity contribution < 1.29 is 8.42 Å². The van der Waals surface area contributed by atoms with Crippen molar-refractivity contribution in [1.82, 2.24) is 24.1 Å². The fourth-order valence-electron chi connectivity index (χ4n) is 4.16. The Hall–Kier alpha value is -1.52. The summed E-state index contributed by atoms with van der Waals surface area (Å²) in [7, 11) is -2.85. The zero-order valence-corrected chi connectivity index (χ0v) is 19.2. The van der Waals surface area contributed by atoms with Crippen LogP contribution in [0.5, 0.6) is 0 Å². The van der Waals surface area contributed by atoms with Crippen LogP contribution in [0.25, 0.3) is 11.4 Å². The summed E-state index contributed by atoms with van der Waals surface area (Å²) in [6.45, 7) is 8.50. The third-order valence-corrected chi connectivity index (χ3v) is 8.24. The van der Waals surface area contributed by atoms with Crippen molar-refractivity contribution in [2.24, 2.45) is 0 Å². The van der Waals surface area contributed by atoms with Crippen LogP contribution in [0.15, 0.2) is 36.9 Å². The zero-order chi connectivity index (χ0) is 21.3. The molecule has 2 fully saturated rings. The van der Waals surface area contributed by atoms with Crippen molar-refractivity contribution >= 4 is 33.7 Å². The van der Waals surface area contributed by atoms with E-state index in [9.17, 15) is 8.42 Å². The molecule has 2 aliphatic rings. The van der Waals surface area contributed by atoms with Crippen molar-refractivity contribution in [1.29, 1.82) is 0 Å². The summed E-state index contributed by atoms with van der Waals surface area (Å²) < 4.78 is 28.0. The largest absolute Gasteiger partial charge is 0.297 e. The van der Waals surface area contributed by atoms with Crippen molar-refractivity contribution in [3.05, 3.63) is 46.7 Å². The van der Waals surface area contributed by atoms with Crippen LogP contribution in [0.2, 0.25) is 5.02 Å². The van der Waals surface area contributed by atoms with E-state index in [1.807, 2.05) is 39.6 Å². The number of sulfone groups is 1. The zero-order valence-electron chi connectivity index (χ0n) is 16.8. The first-order valence-electron chi connectivity index (χ1n) is 10.1. The molecule has 1 atom stereocenters. The van der Waals surface area contributed by atoms with E-state index in [2.05, 4.69) is 16.4 Å². The molecule has 1 aromatic heterocycles. The van der Waals surface area contributed by atoms with Crippen LogP contribution in [-0.4, -0.2) is 76.3 Å². The maximum Gasteiger partial charge on any atom is 0.199 e. The predicted octanol–water partition coefficient (Wildman–Crippen LogP) is 2.68. The van der Waals surface area contributed by atoms with Gasteiger partial charge < -0.3 is 0 Å². The highest BCUT2D eigenvalue weighted by Gasteiger charge is 2.33. The van der Waals surface area contributed by atoms with E-state index < -0.39 is 9.84 Å². The molecule has 2 saturated heterocycles. The number of hydrogen-bond acceptors (Lipinski definition) is 6. The van der Waals surface area contributed by atoms with Gasteiger partial charge in [0.25, 0.3) is 0 Å².